The first kappa shape index (κ1) is 13.6. The van der Waals surface area contributed by atoms with Crippen LogP contribution in [-0.4, -0.2) is 30.8 Å². The van der Waals surface area contributed by atoms with Crippen molar-refractivity contribution in [1.29, 1.82) is 0 Å². The van der Waals surface area contributed by atoms with Crippen LogP contribution in [0.4, 0.5) is 4.39 Å². The minimum absolute atomic E-state index is 0.0370. The van der Waals surface area contributed by atoms with Crippen LogP contribution in [0, 0.1) is 5.82 Å². The van der Waals surface area contributed by atoms with Crippen molar-refractivity contribution in [3.8, 4) is 0 Å². The summed E-state index contributed by atoms with van der Waals surface area (Å²) in [6.45, 7) is 1.68. The van der Waals surface area contributed by atoms with E-state index in [-0.39, 0.29) is 12.1 Å². The molecule has 0 bridgehead atoms. The molecule has 0 aliphatic heterocycles. The minimum atomic E-state index is -3.37. The molecule has 94 valence electrons. The molecule has 4 nitrogen and oxygen atoms in total. The van der Waals surface area contributed by atoms with E-state index in [0.29, 0.717) is 5.56 Å². The highest BCUT2D eigenvalue weighted by Crippen LogP contribution is 2.14. The summed E-state index contributed by atoms with van der Waals surface area (Å²) in [5, 5.41) is 11.1. The number of oxime groups is 1. The molecular formula is C11H14FNO3S. The molecule has 0 saturated heterocycles. The number of sulfone groups is 1. The number of rotatable bonds is 4. The molecule has 0 aliphatic carbocycles. The van der Waals surface area contributed by atoms with E-state index in [9.17, 15) is 12.8 Å². The molecule has 0 saturated carbocycles. The first-order valence-corrected chi connectivity index (χ1v) is 7.02. The molecule has 0 fully saturated rings. The predicted molar refractivity (Wildman–Crippen MR) is 63.6 cm³/mol. The average Bonchev–Trinajstić information content (AvgIpc) is 2.25. The van der Waals surface area contributed by atoms with Gasteiger partial charge in [-0.3, -0.25) is 0 Å². The van der Waals surface area contributed by atoms with Gasteiger partial charge in [0.05, 0.1) is 0 Å². The smallest absolute Gasteiger partial charge is 0.156 e. The third-order valence-electron chi connectivity index (χ3n) is 2.44. The topological polar surface area (TPSA) is 66.7 Å². The van der Waals surface area contributed by atoms with Crippen LogP contribution < -0.4 is 0 Å². The summed E-state index contributed by atoms with van der Waals surface area (Å²) < 4.78 is 35.8. The molecule has 0 spiro atoms. The summed E-state index contributed by atoms with van der Waals surface area (Å²) in [5.74, 6) is -0.432. The fraction of sp³-hybridized carbons (Fsp3) is 0.364. The number of nitrogens with zero attached hydrogens (tertiary/aromatic N) is 1. The number of hydrogen-bond donors (Lipinski definition) is 1. The van der Waals surface area contributed by atoms with Crippen LogP contribution in [0.5, 0.6) is 0 Å². The van der Waals surface area contributed by atoms with E-state index in [1.54, 1.807) is 6.92 Å². The van der Waals surface area contributed by atoms with Gasteiger partial charge in [0.2, 0.25) is 0 Å². The maximum atomic E-state index is 12.8. The number of benzene rings is 1. The SMILES string of the molecule is CC[C@@H](/C(=N\O)c1ccc(F)cc1)S(C)(=O)=O. The van der Waals surface area contributed by atoms with Crippen LogP contribution in [0.2, 0.25) is 0 Å². The molecule has 1 aromatic rings. The van der Waals surface area contributed by atoms with Crippen LogP contribution in [0.25, 0.3) is 0 Å². The molecule has 6 heteroatoms. The van der Waals surface area contributed by atoms with Crippen LogP contribution in [-0.2, 0) is 9.84 Å². The highest BCUT2D eigenvalue weighted by molar-refractivity contribution is 7.92. The number of hydrogen-bond acceptors (Lipinski definition) is 4. The zero-order valence-electron chi connectivity index (χ0n) is 9.59. The molecule has 0 aliphatic rings. The molecule has 1 rings (SSSR count). The van der Waals surface area contributed by atoms with E-state index in [1.165, 1.54) is 24.3 Å². The van der Waals surface area contributed by atoms with E-state index in [2.05, 4.69) is 5.16 Å². The zero-order chi connectivity index (χ0) is 13.1. The molecule has 1 N–H and O–H groups in total. The molecule has 0 aromatic heterocycles. The van der Waals surface area contributed by atoms with Gasteiger partial charge < -0.3 is 5.21 Å². The van der Waals surface area contributed by atoms with Gasteiger partial charge in [-0.05, 0) is 18.6 Å². The summed E-state index contributed by atoms with van der Waals surface area (Å²) in [7, 11) is -3.37. The van der Waals surface area contributed by atoms with Gasteiger partial charge in [0.1, 0.15) is 16.8 Å². The second kappa shape index (κ2) is 5.27. The molecule has 17 heavy (non-hydrogen) atoms. The van der Waals surface area contributed by atoms with E-state index in [0.717, 1.165) is 6.26 Å². The van der Waals surface area contributed by atoms with Crippen molar-refractivity contribution in [2.45, 2.75) is 18.6 Å². The minimum Gasteiger partial charge on any atom is -0.411 e. The Morgan fingerprint density at radius 2 is 1.94 bits per heavy atom. The lowest BCUT2D eigenvalue weighted by Gasteiger charge is -2.14. The Morgan fingerprint density at radius 3 is 2.29 bits per heavy atom. The van der Waals surface area contributed by atoms with Gasteiger partial charge in [-0.25, -0.2) is 12.8 Å². The van der Waals surface area contributed by atoms with Crippen molar-refractivity contribution in [3.05, 3.63) is 35.6 Å². The fourth-order valence-corrected chi connectivity index (χ4v) is 2.82. The summed E-state index contributed by atoms with van der Waals surface area (Å²) in [4.78, 5) is 0. The maximum Gasteiger partial charge on any atom is 0.156 e. The number of halogens is 1. The molecule has 1 aromatic carbocycles. The first-order chi connectivity index (χ1) is 7.90. The highest BCUT2D eigenvalue weighted by Gasteiger charge is 2.26. The second-order valence-electron chi connectivity index (χ2n) is 3.72. The summed E-state index contributed by atoms with van der Waals surface area (Å²) in [6, 6.07) is 5.15. The lowest BCUT2D eigenvalue weighted by atomic mass is 10.1. The Kier molecular flexibility index (Phi) is 4.22. The Labute approximate surface area is 99.7 Å². The monoisotopic (exact) mass is 259 g/mol. The highest BCUT2D eigenvalue weighted by atomic mass is 32.2. The molecule has 0 unspecified atom stereocenters. The second-order valence-corrected chi connectivity index (χ2v) is 5.95. The van der Waals surface area contributed by atoms with Crippen LogP contribution in [0.3, 0.4) is 0 Å². The lowest BCUT2D eigenvalue weighted by Crippen LogP contribution is -2.29. The summed E-state index contributed by atoms with van der Waals surface area (Å²) in [6.07, 6.45) is 1.37. The zero-order valence-corrected chi connectivity index (χ0v) is 10.4. The summed E-state index contributed by atoms with van der Waals surface area (Å²) in [5.41, 5.74) is 0.432. The van der Waals surface area contributed by atoms with Gasteiger partial charge >= 0.3 is 0 Å². The largest absolute Gasteiger partial charge is 0.411 e. The molecule has 0 radical (unpaired) electrons. The Balaban J connectivity index is 3.20. The van der Waals surface area contributed by atoms with Crippen molar-refractivity contribution in [3.63, 3.8) is 0 Å². The van der Waals surface area contributed by atoms with Gasteiger partial charge in [0.25, 0.3) is 0 Å². The van der Waals surface area contributed by atoms with Crippen LogP contribution in [0.15, 0.2) is 29.4 Å². The van der Waals surface area contributed by atoms with E-state index < -0.39 is 20.9 Å². The van der Waals surface area contributed by atoms with Gasteiger partial charge in [0.15, 0.2) is 9.84 Å². The molecule has 0 amide bonds. The van der Waals surface area contributed by atoms with Gasteiger partial charge in [0, 0.05) is 11.8 Å². The van der Waals surface area contributed by atoms with Crippen LogP contribution >= 0.6 is 0 Å². The normalized spacial score (nSPS) is 14.6. The molecule has 1 atom stereocenters. The van der Waals surface area contributed by atoms with Crippen LogP contribution in [0.1, 0.15) is 18.9 Å². The Hall–Kier alpha value is -1.43. The summed E-state index contributed by atoms with van der Waals surface area (Å²) >= 11 is 0. The van der Waals surface area contributed by atoms with Gasteiger partial charge in [-0.15, -0.1) is 0 Å². The van der Waals surface area contributed by atoms with Crippen molar-refractivity contribution >= 4 is 15.5 Å². The standard InChI is InChI=1S/C11H14FNO3S/c1-3-10(17(2,15)16)11(13-14)8-4-6-9(12)7-5-8/h4-7,10,14H,3H2,1-2H3/b13-11-/t10-/m0/s1. The van der Waals surface area contributed by atoms with Gasteiger partial charge in [-0.1, -0.05) is 24.2 Å². The quantitative estimate of drug-likeness (QED) is 0.509. The maximum absolute atomic E-state index is 12.8. The van der Waals surface area contributed by atoms with Crippen molar-refractivity contribution in [1.82, 2.24) is 0 Å². The third kappa shape index (κ3) is 3.26. The Bertz CT molecular complexity index is 508. The van der Waals surface area contributed by atoms with E-state index in [1.807, 2.05) is 0 Å². The Morgan fingerprint density at radius 1 is 1.41 bits per heavy atom. The van der Waals surface area contributed by atoms with Crippen molar-refractivity contribution < 1.29 is 18.0 Å². The van der Waals surface area contributed by atoms with Gasteiger partial charge in [-0.2, -0.15) is 0 Å². The van der Waals surface area contributed by atoms with Crippen molar-refractivity contribution in [2.24, 2.45) is 5.16 Å². The predicted octanol–water partition coefficient (Wildman–Crippen LogP) is 1.83. The average molecular weight is 259 g/mol. The lowest BCUT2D eigenvalue weighted by molar-refractivity contribution is 0.318. The van der Waals surface area contributed by atoms with E-state index >= 15 is 0 Å². The molecular weight excluding hydrogens is 245 g/mol. The first-order valence-electron chi connectivity index (χ1n) is 5.07. The third-order valence-corrected chi connectivity index (χ3v) is 4.03. The fourth-order valence-electron chi connectivity index (χ4n) is 1.63. The van der Waals surface area contributed by atoms with E-state index in [4.69, 9.17) is 5.21 Å². The molecule has 0 heterocycles. The van der Waals surface area contributed by atoms with Crippen molar-refractivity contribution in [2.75, 3.05) is 6.26 Å².